The van der Waals surface area contributed by atoms with Gasteiger partial charge in [0.15, 0.2) is 0 Å². The molecule has 78 valence electrons. The van der Waals surface area contributed by atoms with Gasteiger partial charge >= 0.3 is 0 Å². The lowest BCUT2D eigenvalue weighted by Gasteiger charge is -2.24. The zero-order valence-electron chi connectivity index (χ0n) is 9.85. The number of hydrogen-bond acceptors (Lipinski definition) is 1. The first-order valence-corrected chi connectivity index (χ1v) is 5.67. The van der Waals surface area contributed by atoms with Gasteiger partial charge in [-0.15, -0.1) is 0 Å². The van der Waals surface area contributed by atoms with Crippen LogP contribution in [0.3, 0.4) is 0 Å². The molecule has 1 N–H and O–H groups in total. The Morgan fingerprint density at radius 1 is 1.23 bits per heavy atom. The first-order chi connectivity index (χ1) is 5.91. The zero-order valence-corrected chi connectivity index (χ0v) is 9.85. The molecule has 1 aliphatic carbocycles. The summed E-state index contributed by atoms with van der Waals surface area (Å²) in [6.07, 6.45) is 4.10. The molecule has 0 heterocycles. The summed E-state index contributed by atoms with van der Waals surface area (Å²) in [7, 11) is 0. The van der Waals surface area contributed by atoms with E-state index in [0.29, 0.717) is 11.5 Å². The highest BCUT2D eigenvalue weighted by atomic mass is 15.0. The van der Waals surface area contributed by atoms with Crippen LogP contribution in [0, 0.1) is 11.3 Å². The van der Waals surface area contributed by atoms with Crippen LogP contribution in [0.15, 0.2) is 0 Å². The van der Waals surface area contributed by atoms with E-state index in [-0.39, 0.29) is 0 Å². The van der Waals surface area contributed by atoms with Crippen LogP contribution >= 0.6 is 0 Å². The molecule has 0 aliphatic heterocycles. The molecule has 1 rings (SSSR count). The molecule has 0 aromatic heterocycles. The molecular weight excluding hydrogens is 158 g/mol. The molecule has 0 spiro atoms. The van der Waals surface area contributed by atoms with Gasteiger partial charge in [-0.3, -0.25) is 0 Å². The number of nitrogens with one attached hydrogen (secondary N) is 1. The van der Waals surface area contributed by atoms with Gasteiger partial charge in [0.2, 0.25) is 0 Å². The minimum atomic E-state index is 0.578. The quantitative estimate of drug-likeness (QED) is 0.708. The summed E-state index contributed by atoms with van der Waals surface area (Å²) < 4.78 is 0. The Morgan fingerprint density at radius 2 is 1.85 bits per heavy atom. The summed E-state index contributed by atoms with van der Waals surface area (Å²) in [5, 5.41) is 3.73. The molecule has 1 fully saturated rings. The Bertz CT molecular complexity index is 161. The second kappa shape index (κ2) is 4.00. The highest BCUT2D eigenvalue weighted by Crippen LogP contribution is 2.37. The van der Waals surface area contributed by atoms with Crippen LogP contribution in [0.1, 0.15) is 53.9 Å². The highest BCUT2D eigenvalue weighted by molar-refractivity contribution is 4.87. The van der Waals surface area contributed by atoms with E-state index in [4.69, 9.17) is 0 Å². The van der Waals surface area contributed by atoms with Crippen molar-refractivity contribution >= 4 is 0 Å². The summed E-state index contributed by atoms with van der Waals surface area (Å²) in [4.78, 5) is 0. The molecule has 1 nitrogen and oxygen atoms in total. The van der Waals surface area contributed by atoms with E-state index in [1.165, 1.54) is 19.3 Å². The molecule has 0 aromatic rings. The molecular formula is C12H25N. The van der Waals surface area contributed by atoms with Gasteiger partial charge in [0.05, 0.1) is 0 Å². The van der Waals surface area contributed by atoms with E-state index < -0.39 is 0 Å². The molecule has 1 heteroatoms. The van der Waals surface area contributed by atoms with Crippen LogP contribution in [-0.2, 0) is 0 Å². The Morgan fingerprint density at radius 3 is 2.23 bits per heavy atom. The maximum atomic E-state index is 3.73. The van der Waals surface area contributed by atoms with Crippen molar-refractivity contribution in [2.24, 2.45) is 11.3 Å². The minimum absolute atomic E-state index is 0.578. The first kappa shape index (κ1) is 11.0. The van der Waals surface area contributed by atoms with Crippen molar-refractivity contribution < 1.29 is 0 Å². The van der Waals surface area contributed by atoms with Crippen LogP contribution in [0.4, 0.5) is 0 Å². The fourth-order valence-electron chi connectivity index (χ4n) is 2.14. The van der Waals surface area contributed by atoms with Crippen LogP contribution in [-0.4, -0.2) is 12.1 Å². The van der Waals surface area contributed by atoms with E-state index in [1.54, 1.807) is 0 Å². The van der Waals surface area contributed by atoms with Gasteiger partial charge in [0.25, 0.3) is 0 Å². The number of hydrogen-bond donors (Lipinski definition) is 1. The molecule has 0 radical (unpaired) electrons. The Labute approximate surface area is 83.3 Å². The SMILES string of the molecule is CC(C)C(C)NC1CCC(C)(C)C1. The summed E-state index contributed by atoms with van der Waals surface area (Å²) >= 11 is 0. The number of rotatable bonds is 3. The van der Waals surface area contributed by atoms with Gasteiger partial charge in [-0.2, -0.15) is 0 Å². The summed E-state index contributed by atoms with van der Waals surface area (Å²) in [6, 6.07) is 1.44. The Kier molecular flexibility index (Phi) is 3.39. The molecule has 1 saturated carbocycles. The van der Waals surface area contributed by atoms with E-state index >= 15 is 0 Å². The van der Waals surface area contributed by atoms with Crippen molar-refractivity contribution in [1.82, 2.24) is 5.32 Å². The third-order valence-corrected chi connectivity index (χ3v) is 3.47. The molecule has 2 unspecified atom stereocenters. The van der Waals surface area contributed by atoms with Gasteiger partial charge < -0.3 is 5.32 Å². The second-order valence-electron chi connectivity index (χ2n) is 5.80. The van der Waals surface area contributed by atoms with Gasteiger partial charge in [0.1, 0.15) is 0 Å². The van der Waals surface area contributed by atoms with Crippen molar-refractivity contribution in [3.05, 3.63) is 0 Å². The predicted octanol–water partition coefficient (Wildman–Crippen LogP) is 3.20. The fraction of sp³-hybridized carbons (Fsp3) is 1.00. The molecule has 0 amide bonds. The van der Waals surface area contributed by atoms with Crippen LogP contribution in [0.25, 0.3) is 0 Å². The average molecular weight is 183 g/mol. The molecule has 0 aromatic carbocycles. The lowest BCUT2D eigenvalue weighted by Crippen LogP contribution is -2.38. The van der Waals surface area contributed by atoms with E-state index in [2.05, 4.69) is 39.9 Å². The van der Waals surface area contributed by atoms with Gasteiger partial charge in [-0.1, -0.05) is 27.7 Å². The van der Waals surface area contributed by atoms with Crippen LogP contribution in [0.2, 0.25) is 0 Å². The predicted molar refractivity (Wildman–Crippen MR) is 58.9 cm³/mol. The van der Waals surface area contributed by atoms with Crippen molar-refractivity contribution in [3.63, 3.8) is 0 Å². The van der Waals surface area contributed by atoms with Gasteiger partial charge in [-0.05, 0) is 37.5 Å². The van der Waals surface area contributed by atoms with Crippen molar-refractivity contribution in [3.8, 4) is 0 Å². The van der Waals surface area contributed by atoms with Crippen molar-refractivity contribution in [2.75, 3.05) is 0 Å². The smallest absolute Gasteiger partial charge is 0.00749 e. The van der Waals surface area contributed by atoms with Gasteiger partial charge in [0, 0.05) is 12.1 Å². The van der Waals surface area contributed by atoms with Gasteiger partial charge in [-0.25, -0.2) is 0 Å². The fourth-order valence-corrected chi connectivity index (χ4v) is 2.14. The minimum Gasteiger partial charge on any atom is -0.311 e. The standard InChI is InChI=1S/C12H25N/c1-9(2)10(3)13-11-6-7-12(4,5)8-11/h9-11,13H,6-8H2,1-5H3. The van der Waals surface area contributed by atoms with Crippen molar-refractivity contribution in [2.45, 2.75) is 66.0 Å². The second-order valence-corrected chi connectivity index (χ2v) is 5.80. The lowest BCUT2D eigenvalue weighted by atomic mass is 9.91. The largest absolute Gasteiger partial charge is 0.311 e. The third kappa shape index (κ3) is 3.30. The van der Waals surface area contributed by atoms with E-state index in [9.17, 15) is 0 Å². The molecule has 2 atom stereocenters. The maximum Gasteiger partial charge on any atom is 0.00749 e. The Hall–Kier alpha value is -0.0400. The zero-order chi connectivity index (χ0) is 10.1. The summed E-state index contributed by atoms with van der Waals surface area (Å²) in [5.41, 5.74) is 0.578. The summed E-state index contributed by atoms with van der Waals surface area (Å²) in [5.74, 6) is 0.753. The monoisotopic (exact) mass is 183 g/mol. The Balaban J connectivity index is 2.32. The first-order valence-electron chi connectivity index (χ1n) is 5.67. The van der Waals surface area contributed by atoms with E-state index in [0.717, 1.165) is 12.0 Å². The van der Waals surface area contributed by atoms with E-state index in [1.807, 2.05) is 0 Å². The normalized spacial score (nSPS) is 29.5. The van der Waals surface area contributed by atoms with Crippen LogP contribution in [0.5, 0.6) is 0 Å². The molecule has 0 bridgehead atoms. The average Bonchev–Trinajstić information content (AvgIpc) is 2.30. The van der Waals surface area contributed by atoms with Crippen molar-refractivity contribution in [1.29, 1.82) is 0 Å². The maximum absolute atomic E-state index is 3.73. The third-order valence-electron chi connectivity index (χ3n) is 3.47. The summed E-state index contributed by atoms with van der Waals surface area (Å²) in [6.45, 7) is 11.6. The molecule has 13 heavy (non-hydrogen) atoms. The lowest BCUT2D eigenvalue weighted by molar-refractivity contribution is 0.333. The van der Waals surface area contributed by atoms with Crippen LogP contribution < -0.4 is 5.32 Å². The molecule has 1 aliphatic rings. The topological polar surface area (TPSA) is 12.0 Å². The highest BCUT2D eigenvalue weighted by Gasteiger charge is 2.31. The molecule has 0 saturated heterocycles.